The molecule has 4 atom stereocenters. The van der Waals surface area contributed by atoms with Crippen molar-refractivity contribution in [3.8, 4) is 5.75 Å². The number of methoxy groups -OCH3 is 1. The summed E-state index contributed by atoms with van der Waals surface area (Å²) in [5.41, 5.74) is 0.961. The van der Waals surface area contributed by atoms with Gasteiger partial charge in [-0.3, -0.25) is 24.6 Å². The number of amides is 3. The first-order valence-corrected chi connectivity index (χ1v) is 11.0. The van der Waals surface area contributed by atoms with Crippen LogP contribution in [-0.2, 0) is 26.5 Å². The number of para-hydroxylation sites is 2. The Hall–Kier alpha value is -3.19. The predicted octanol–water partition coefficient (Wildman–Crippen LogP) is 2.66. The number of ether oxygens (including phenoxy) is 1. The average Bonchev–Trinajstić information content (AvgIpc) is 3.34. The molecule has 7 heteroatoms. The van der Waals surface area contributed by atoms with E-state index in [1.54, 1.807) is 7.11 Å². The third-order valence-electron chi connectivity index (χ3n) is 6.96. The molecule has 7 nitrogen and oxygen atoms in total. The third-order valence-corrected chi connectivity index (χ3v) is 6.96. The smallest absolute Gasteiger partial charge is 0.250 e. The molecule has 3 amide bonds. The van der Waals surface area contributed by atoms with Crippen LogP contribution < -0.4 is 15.4 Å². The van der Waals surface area contributed by atoms with E-state index in [-0.39, 0.29) is 30.3 Å². The van der Waals surface area contributed by atoms with Gasteiger partial charge in [-0.25, -0.2) is 0 Å². The molecule has 166 valence electrons. The fourth-order valence-corrected chi connectivity index (χ4v) is 5.69. The molecule has 2 N–H and O–H groups in total. The monoisotopic (exact) mass is 433 g/mol. The molecule has 0 saturated carbocycles. The molecule has 3 aliphatic heterocycles. The van der Waals surface area contributed by atoms with Crippen molar-refractivity contribution >= 4 is 23.4 Å². The second-order valence-electron chi connectivity index (χ2n) is 9.27. The summed E-state index contributed by atoms with van der Waals surface area (Å²) in [6.45, 7) is 4.29. The minimum absolute atomic E-state index is 0.127. The van der Waals surface area contributed by atoms with Gasteiger partial charge in [0, 0.05) is 22.9 Å². The molecular formula is C25H27N3O4. The summed E-state index contributed by atoms with van der Waals surface area (Å²) in [6.07, 6.45) is 0.694. The Labute approximate surface area is 187 Å². The summed E-state index contributed by atoms with van der Waals surface area (Å²) < 4.78 is 5.42. The van der Waals surface area contributed by atoms with E-state index >= 15 is 0 Å². The molecule has 0 aromatic heterocycles. The lowest BCUT2D eigenvalue weighted by molar-refractivity contribution is -0.143. The maximum atomic E-state index is 13.8. The maximum Gasteiger partial charge on any atom is 0.250 e. The predicted molar refractivity (Wildman–Crippen MR) is 119 cm³/mol. The number of carbonyl (C=O) groups is 3. The van der Waals surface area contributed by atoms with E-state index in [0.29, 0.717) is 23.8 Å². The number of nitrogens with one attached hydrogen (secondary N) is 2. The molecular weight excluding hydrogens is 406 g/mol. The highest BCUT2D eigenvalue weighted by Crippen LogP contribution is 2.53. The number of imide groups is 1. The number of hydrogen-bond acceptors (Lipinski definition) is 5. The van der Waals surface area contributed by atoms with Crippen LogP contribution in [0.5, 0.6) is 5.75 Å². The van der Waals surface area contributed by atoms with Gasteiger partial charge in [-0.1, -0.05) is 50.2 Å². The Morgan fingerprint density at radius 3 is 2.50 bits per heavy atom. The Kier molecular flexibility index (Phi) is 4.82. The number of likely N-dealkylation sites (tertiary alicyclic amines) is 1. The van der Waals surface area contributed by atoms with E-state index in [1.807, 2.05) is 48.5 Å². The van der Waals surface area contributed by atoms with Crippen molar-refractivity contribution in [2.45, 2.75) is 38.4 Å². The fraction of sp³-hybridized carbons (Fsp3) is 0.400. The zero-order chi connectivity index (χ0) is 22.6. The first-order chi connectivity index (χ1) is 15.4. The third kappa shape index (κ3) is 2.80. The molecule has 3 aliphatic rings. The lowest BCUT2D eigenvalue weighted by Gasteiger charge is -2.30. The second-order valence-corrected chi connectivity index (χ2v) is 9.27. The van der Waals surface area contributed by atoms with E-state index in [0.717, 1.165) is 11.1 Å². The molecule has 2 saturated heterocycles. The van der Waals surface area contributed by atoms with E-state index in [2.05, 4.69) is 24.5 Å². The van der Waals surface area contributed by atoms with Crippen LogP contribution in [0.15, 0.2) is 48.5 Å². The quantitative estimate of drug-likeness (QED) is 0.708. The Balaban J connectivity index is 1.59. The van der Waals surface area contributed by atoms with Gasteiger partial charge in [0.2, 0.25) is 17.7 Å². The van der Waals surface area contributed by atoms with Crippen LogP contribution in [0.2, 0.25) is 0 Å². The van der Waals surface area contributed by atoms with Gasteiger partial charge in [0.25, 0.3) is 0 Å². The second kappa shape index (κ2) is 7.45. The largest absolute Gasteiger partial charge is 0.496 e. The lowest BCUT2D eigenvalue weighted by Crippen LogP contribution is -2.53. The van der Waals surface area contributed by atoms with Crippen LogP contribution in [-0.4, -0.2) is 35.8 Å². The Morgan fingerprint density at radius 1 is 1.03 bits per heavy atom. The average molecular weight is 434 g/mol. The Morgan fingerprint density at radius 2 is 1.75 bits per heavy atom. The van der Waals surface area contributed by atoms with Gasteiger partial charge in [-0.05, 0) is 24.5 Å². The van der Waals surface area contributed by atoms with Gasteiger partial charge in [0.15, 0.2) is 0 Å². The summed E-state index contributed by atoms with van der Waals surface area (Å²) in [4.78, 5) is 42.1. The molecule has 0 bridgehead atoms. The van der Waals surface area contributed by atoms with Crippen LogP contribution in [0.4, 0.5) is 5.69 Å². The molecule has 0 radical (unpaired) electrons. The van der Waals surface area contributed by atoms with Gasteiger partial charge >= 0.3 is 0 Å². The van der Waals surface area contributed by atoms with Gasteiger partial charge < -0.3 is 10.1 Å². The van der Waals surface area contributed by atoms with Crippen molar-refractivity contribution in [2.75, 3.05) is 12.4 Å². The minimum Gasteiger partial charge on any atom is -0.496 e. The Bertz CT molecular complexity index is 1110. The number of rotatable bonds is 5. The molecule has 2 fully saturated rings. The van der Waals surface area contributed by atoms with Gasteiger partial charge in [-0.2, -0.15) is 0 Å². The van der Waals surface area contributed by atoms with Crippen LogP contribution >= 0.6 is 0 Å². The highest BCUT2D eigenvalue weighted by Gasteiger charge is 2.70. The van der Waals surface area contributed by atoms with E-state index in [1.165, 1.54) is 4.90 Å². The number of benzene rings is 2. The molecule has 5 rings (SSSR count). The van der Waals surface area contributed by atoms with Crippen LogP contribution in [0, 0.1) is 17.8 Å². The first-order valence-electron chi connectivity index (χ1n) is 11.0. The van der Waals surface area contributed by atoms with Gasteiger partial charge in [0.1, 0.15) is 11.3 Å². The standard InChI is InChI=1S/C25H27N3O4/c1-14(2)12-18-20-21(25(27-18)16-9-5-6-10-17(16)26-24(25)31)23(30)28(22(20)29)13-15-8-4-7-11-19(15)32-3/h4-11,14,18,20-21,27H,12-13H2,1-3H3,(H,26,31)/t18-,20+,21-,25+/m0/s1. The topological polar surface area (TPSA) is 87.7 Å². The van der Waals surface area contributed by atoms with Crippen molar-refractivity contribution in [2.24, 2.45) is 17.8 Å². The van der Waals surface area contributed by atoms with Crippen molar-refractivity contribution in [1.29, 1.82) is 0 Å². The number of hydrogen-bond donors (Lipinski definition) is 2. The van der Waals surface area contributed by atoms with E-state index in [9.17, 15) is 14.4 Å². The van der Waals surface area contributed by atoms with Crippen molar-refractivity contribution in [1.82, 2.24) is 10.2 Å². The van der Waals surface area contributed by atoms with E-state index in [4.69, 9.17) is 4.74 Å². The number of carbonyl (C=O) groups excluding carboxylic acids is 3. The van der Waals surface area contributed by atoms with Crippen molar-refractivity contribution in [3.63, 3.8) is 0 Å². The summed E-state index contributed by atoms with van der Waals surface area (Å²) in [6, 6.07) is 14.5. The molecule has 0 unspecified atom stereocenters. The van der Waals surface area contributed by atoms with Crippen molar-refractivity contribution in [3.05, 3.63) is 59.7 Å². The highest BCUT2D eigenvalue weighted by atomic mass is 16.5. The summed E-state index contributed by atoms with van der Waals surface area (Å²) >= 11 is 0. The molecule has 2 aromatic carbocycles. The summed E-state index contributed by atoms with van der Waals surface area (Å²) in [5, 5.41) is 6.40. The summed E-state index contributed by atoms with van der Waals surface area (Å²) in [5.74, 6) is -1.24. The number of fused-ring (bicyclic) bond motifs is 4. The normalized spacial score (nSPS) is 28.4. The fourth-order valence-electron chi connectivity index (χ4n) is 5.69. The molecule has 3 heterocycles. The SMILES string of the molecule is COc1ccccc1CN1C(=O)[C@@H]2[C@H](CC(C)C)N[C@@]3(C(=O)Nc4ccccc43)[C@@H]2C1=O. The van der Waals surface area contributed by atoms with Crippen LogP contribution in [0.25, 0.3) is 0 Å². The zero-order valence-electron chi connectivity index (χ0n) is 18.4. The van der Waals surface area contributed by atoms with Gasteiger partial charge in [0.05, 0.1) is 25.5 Å². The zero-order valence-corrected chi connectivity index (χ0v) is 18.4. The minimum atomic E-state index is -1.23. The summed E-state index contributed by atoms with van der Waals surface area (Å²) in [7, 11) is 1.57. The highest BCUT2D eigenvalue weighted by molar-refractivity contribution is 6.15. The number of anilines is 1. The molecule has 32 heavy (non-hydrogen) atoms. The lowest BCUT2D eigenvalue weighted by atomic mass is 9.76. The van der Waals surface area contributed by atoms with Crippen LogP contribution in [0.3, 0.4) is 0 Å². The van der Waals surface area contributed by atoms with Crippen molar-refractivity contribution < 1.29 is 19.1 Å². The van der Waals surface area contributed by atoms with E-state index < -0.39 is 17.4 Å². The van der Waals surface area contributed by atoms with Crippen LogP contribution in [0.1, 0.15) is 31.4 Å². The first kappa shape index (κ1) is 20.7. The molecule has 1 spiro atoms. The number of nitrogens with zero attached hydrogens (tertiary/aromatic N) is 1. The molecule has 0 aliphatic carbocycles. The molecule has 2 aromatic rings. The van der Waals surface area contributed by atoms with Gasteiger partial charge in [-0.15, -0.1) is 0 Å². The maximum absolute atomic E-state index is 13.8.